The summed E-state index contributed by atoms with van der Waals surface area (Å²) in [5, 5.41) is 2.99. The molecule has 3 nitrogen and oxygen atoms in total. The molecule has 1 amide bonds. The van der Waals surface area contributed by atoms with Crippen LogP contribution in [0.3, 0.4) is 0 Å². The van der Waals surface area contributed by atoms with Gasteiger partial charge >= 0.3 is 0 Å². The van der Waals surface area contributed by atoms with E-state index in [2.05, 4.69) is 5.32 Å². The molecule has 2 aliphatic rings. The van der Waals surface area contributed by atoms with E-state index < -0.39 is 5.25 Å². The van der Waals surface area contributed by atoms with Crippen molar-refractivity contribution in [1.29, 1.82) is 0 Å². The highest BCUT2D eigenvalue weighted by Gasteiger charge is 2.40. The fourth-order valence-corrected chi connectivity index (χ4v) is 4.89. The molecule has 1 N–H and O–H groups in total. The van der Waals surface area contributed by atoms with Gasteiger partial charge in [-0.3, -0.25) is 4.79 Å². The number of carbonyl (C=O) groups is 1. The van der Waals surface area contributed by atoms with Gasteiger partial charge in [0.15, 0.2) is 0 Å². The lowest BCUT2D eigenvalue weighted by atomic mass is 10.0. The van der Waals surface area contributed by atoms with Crippen LogP contribution in [0.2, 0.25) is 0 Å². The summed E-state index contributed by atoms with van der Waals surface area (Å²) in [6.45, 7) is 3.59. The van der Waals surface area contributed by atoms with E-state index in [1.807, 2.05) is 41.3 Å². The molecule has 0 saturated carbocycles. The molecule has 25 heavy (non-hydrogen) atoms. The van der Waals surface area contributed by atoms with Gasteiger partial charge in [-0.2, -0.15) is 0 Å². The Bertz CT molecular complexity index is 742. The van der Waals surface area contributed by atoms with Crippen molar-refractivity contribution in [3.8, 4) is 0 Å². The molecule has 3 atom stereocenters. The maximum atomic E-state index is 14.1. The van der Waals surface area contributed by atoms with Crippen LogP contribution in [0.4, 0.5) is 4.39 Å². The van der Waals surface area contributed by atoms with E-state index >= 15 is 0 Å². The number of halogens is 1. The van der Waals surface area contributed by atoms with Crippen LogP contribution in [-0.4, -0.2) is 37.0 Å². The van der Waals surface area contributed by atoms with E-state index in [-0.39, 0.29) is 11.7 Å². The summed E-state index contributed by atoms with van der Waals surface area (Å²) in [4.78, 5) is 15.7. The molecule has 5 heteroatoms. The highest BCUT2D eigenvalue weighted by molar-refractivity contribution is 8.00. The number of nitrogens with zero attached hydrogens (tertiary/aromatic N) is 1. The number of rotatable bonds is 4. The van der Waals surface area contributed by atoms with Crippen LogP contribution >= 0.6 is 11.8 Å². The lowest BCUT2D eigenvalue weighted by Gasteiger charge is -2.24. The molecule has 2 saturated heterocycles. The topological polar surface area (TPSA) is 32.3 Å². The molecule has 130 valence electrons. The van der Waals surface area contributed by atoms with Crippen molar-refractivity contribution < 1.29 is 9.18 Å². The summed E-state index contributed by atoms with van der Waals surface area (Å²) in [6, 6.07) is 16.4. The molecule has 0 bridgehead atoms. The second-order valence-electron chi connectivity index (χ2n) is 6.76. The molecule has 2 aromatic carbocycles. The Hall–Kier alpha value is -1.85. The zero-order valence-corrected chi connectivity index (χ0v) is 14.7. The van der Waals surface area contributed by atoms with Crippen molar-refractivity contribution in [3.63, 3.8) is 0 Å². The molecule has 0 radical (unpaired) electrons. The van der Waals surface area contributed by atoms with Crippen LogP contribution in [0.5, 0.6) is 0 Å². The van der Waals surface area contributed by atoms with Gasteiger partial charge in [0.2, 0.25) is 5.91 Å². The Kier molecular flexibility index (Phi) is 4.77. The Morgan fingerprint density at radius 3 is 2.36 bits per heavy atom. The summed E-state index contributed by atoms with van der Waals surface area (Å²) in [6.07, 6.45) is 0. The molecular formula is C20H21FN2OS. The van der Waals surface area contributed by atoms with Crippen LogP contribution in [0, 0.1) is 17.7 Å². The third-order valence-corrected chi connectivity index (χ3v) is 6.40. The van der Waals surface area contributed by atoms with E-state index in [9.17, 15) is 9.18 Å². The van der Waals surface area contributed by atoms with Gasteiger partial charge in [-0.15, -0.1) is 11.8 Å². The first-order valence-corrected chi connectivity index (χ1v) is 9.56. The molecule has 0 spiro atoms. The molecule has 0 aromatic heterocycles. The van der Waals surface area contributed by atoms with Crippen molar-refractivity contribution >= 4 is 17.7 Å². The van der Waals surface area contributed by atoms with Crippen LogP contribution in [0.1, 0.15) is 10.8 Å². The number of benzene rings is 2. The molecule has 2 heterocycles. The summed E-state index contributed by atoms with van der Waals surface area (Å²) in [5.74, 6) is 0.926. The third-order valence-electron chi connectivity index (χ3n) is 5.11. The number of carbonyl (C=O) groups excluding carboxylic acids is 1. The van der Waals surface area contributed by atoms with E-state index in [1.54, 1.807) is 12.1 Å². The Balaban J connectivity index is 1.59. The second kappa shape index (κ2) is 7.18. The van der Waals surface area contributed by atoms with Crippen molar-refractivity contribution in [1.82, 2.24) is 10.2 Å². The minimum absolute atomic E-state index is 0.0915. The lowest BCUT2D eigenvalue weighted by Crippen LogP contribution is -2.34. The van der Waals surface area contributed by atoms with E-state index in [1.165, 1.54) is 17.8 Å². The first-order chi connectivity index (χ1) is 12.2. The molecule has 2 aromatic rings. The summed E-state index contributed by atoms with van der Waals surface area (Å²) in [5.41, 5.74) is 0.927. The SMILES string of the molecule is O=C(C(Sc1ccccc1F)c1ccccc1)N1C[C@H]2CNC[C@H]2C1. The minimum Gasteiger partial charge on any atom is -0.341 e. The quantitative estimate of drug-likeness (QED) is 0.853. The average molecular weight is 356 g/mol. The maximum absolute atomic E-state index is 14.1. The van der Waals surface area contributed by atoms with Gasteiger partial charge < -0.3 is 10.2 Å². The van der Waals surface area contributed by atoms with Gasteiger partial charge in [-0.25, -0.2) is 4.39 Å². The second-order valence-corrected chi connectivity index (χ2v) is 7.91. The van der Waals surface area contributed by atoms with Crippen molar-refractivity contribution in [2.45, 2.75) is 10.1 Å². The normalized spacial score (nSPS) is 23.5. The minimum atomic E-state index is -0.412. The molecule has 1 unspecified atom stereocenters. The van der Waals surface area contributed by atoms with Crippen molar-refractivity contribution in [3.05, 3.63) is 66.0 Å². The highest BCUT2D eigenvalue weighted by atomic mass is 32.2. The molecular weight excluding hydrogens is 335 g/mol. The number of amides is 1. The highest BCUT2D eigenvalue weighted by Crippen LogP contribution is 2.39. The van der Waals surface area contributed by atoms with Crippen molar-refractivity contribution in [2.24, 2.45) is 11.8 Å². The maximum Gasteiger partial charge on any atom is 0.240 e. The zero-order valence-electron chi connectivity index (χ0n) is 13.9. The average Bonchev–Trinajstić information content (AvgIpc) is 3.23. The van der Waals surface area contributed by atoms with Gasteiger partial charge in [0.05, 0.1) is 0 Å². The van der Waals surface area contributed by atoms with E-state index in [0.29, 0.717) is 16.7 Å². The summed E-state index contributed by atoms with van der Waals surface area (Å²) >= 11 is 1.31. The number of nitrogens with one attached hydrogen (secondary N) is 1. The summed E-state index contributed by atoms with van der Waals surface area (Å²) in [7, 11) is 0. The Morgan fingerprint density at radius 2 is 1.68 bits per heavy atom. The fourth-order valence-electron chi connectivity index (χ4n) is 3.76. The molecule has 0 aliphatic carbocycles. The molecule has 2 aliphatic heterocycles. The Labute approximate surface area is 151 Å². The predicted octanol–water partition coefficient (Wildman–Crippen LogP) is 3.34. The van der Waals surface area contributed by atoms with Crippen LogP contribution in [0.25, 0.3) is 0 Å². The number of likely N-dealkylation sites (tertiary alicyclic amines) is 1. The number of thioether (sulfide) groups is 1. The monoisotopic (exact) mass is 356 g/mol. The standard InChI is InChI=1S/C20H21FN2OS/c21-17-8-4-5-9-18(17)25-19(14-6-2-1-3-7-14)20(24)23-12-15-10-22-11-16(15)13-23/h1-9,15-16,19,22H,10-13H2/t15-,16+,19?. The lowest BCUT2D eigenvalue weighted by molar-refractivity contribution is -0.130. The number of hydrogen-bond donors (Lipinski definition) is 1. The zero-order chi connectivity index (χ0) is 17.2. The predicted molar refractivity (Wildman–Crippen MR) is 97.9 cm³/mol. The number of fused-ring (bicyclic) bond motifs is 1. The van der Waals surface area contributed by atoms with Crippen LogP contribution < -0.4 is 5.32 Å². The molecule has 4 rings (SSSR count). The fraction of sp³-hybridized carbons (Fsp3) is 0.350. The van der Waals surface area contributed by atoms with Gasteiger partial charge in [-0.05, 0) is 29.5 Å². The first kappa shape index (κ1) is 16.6. The van der Waals surface area contributed by atoms with Gasteiger partial charge in [0, 0.05) is 31.1 Å². The van der Waals surface area contributed by atoms with Gasteiger partial charge in [0.1, 0.15) is 11.1 Å². The number of hydrogen-bond acceptors (Lipinski definition) is 3. The smallest absolute Gasteiger partial charge is 0.240 e. The molecule has 2 fully saturated rings. The van der Waals surface area contributed by atoms with E-state index in [0.717, 1.165) is 31.7 Å². The largest absolute Gasteiger partial charge is 0.341 e. The van der Waals surface area contributed by atoms with Crippen LogP contribution in [-0.2, 0) is 4.79 Å². The van der Waals surface area contributed by atoms with Gasteiger partial charge in [-0.1, -0.05) is 42.5 Å². The van der Waals surface area contributed by atoms with Crippen molar-refractivity contribution in [2.75, 3.05) is 26.2 Å². The van der Waals surface area contributed by atoms with Crippen LogP contribution in [0.15, 0.2) is 59.5 Å². The van der Waals surface area contributed by atoms with E-state index in [4.69, 9.17) is 0 Å². The first-order valence-electron chi connectivity index (χ1n) is 8.68. The summed E-state index contributed by atoms with van der Waals surface area (Å²) < 4.78 is 14.1. The Morgan fingerprint density at radius 1 is 1.04 bits per heavy atom. The van der Waals surface area contributed by atoms with Gasteiger partial charge in [0.25, 0.3) is 0 Å². The third kappa shape index (κ3) is 3.44.